The van der Waals surface area contributed by atoms with Gasteiger partial charge in [0.2, 0.25) is 0 Å². The highest BCUT2D eigenvalue weighted by Gasteiger charge is 2.43. The average Bonchev–Trinajstić information content (AvgIpc) is 3.61. The number of anilines is 2. The lowest BCUT2D eigenvalue weighted by Crippen LogP contribution is -2.38. The summed E-state index contributed by atoms with van der Waals surface area (Å²) in [6.45, 7) is 6.58. The molecular weight excluding hydrogens is 568 g/mol. The van der Waals surface area contributed by atoms with Crippen LogP contribution in [0.25, 0.3) is 11.3 Å². The fraction of sp³-hybridized carbons (Fsp3) is 0.303. The number of benzene rings is 2. The summed E-state index contributed by atoms with van der Waals surface area (Å²) in [6, 6.07) is 22.5. The highest BCUT2D eigenvalue weighted by atomic mass is 35.5. The van der Waals surface area contributed by atoms with E-state index in [1.54, 1.807) is 18.3 Å². The van der Waals surface area contributed by atoms with E-state index in [0.717, 1.165) is 41.5 Å². The third-order valence-corrected chi connectivity index (χ3v) is 8.64. The second-order valence-corrected chi connectivity index (χ2v) is 12.0. The largest absolute Gasteiger partial charge is 0.465 e. The van der Waals surface area contributed by atoms with E-state index in [1.165, 1.54) is 13.5 Å². The number of rotatable bonds is 6. The van der Waals surface area contributed by atoms with Gasteiger partial charge in [-0.2, -0.15) is 0 Å². The molecule has 0 radical (unpaired) electrons. The van der Waals surface area contributed by atoms with Gasteiger partial charge in [-0.25, -0.2) is 4.79 Å². The van der Waals surface area contributed by atoms with Crippen molar-refractivity contribution in [2.24, 2.45) is 11.8 Å². The van der Waals surface area contributed by atoms with E-state index in [2.05, 4.69) is 46.1 Å². The summed E-state index contributed by atoms with van der Waals surface area (Å²) in [6.07, 6.45) is 3.01. The Hall–Kier alpha value is -3.88. The molecule has 4 heterocycles. The molecule has 0 unspecified atom stereocenters. The maximum atomic E-state index is 11.9. The van der Waals surface area contributed by atoms with Crippen molar-refractivity contribution in [3.63, 3.8) is 0 Å². The number of hydrogen-bond donors (Lipinski definition) is 1. The summed E-state index contributed by atoms with van der Waals surface area (Å²) in [5.41, 5.74) is 4.11. The quantitative estimate of drug-likeness (QED) is 0.181. The molecule has 6 rings (SSSR count). The molecule has 7 nitrogen and oxygen atoms in total. The highest BCUT2D eigenvalue weighted by molar-refractivity contribution is 7.80. The Bertz CT molecular complexity index is 1580. The molecule has 4 aromatic rings. The van der Waals surface area contributed by atoms with Crippen molar-refractivity contribution in [3.8, 4) is 11.3 Å². The van der Waals surface area contributed by atoms with E-state index in [4.69, 9.17) is 33.0 Å². The van der Waals surface area contributed by atoms with Crippen LogP contribution in [0.4, 0.5) is 11.4 Å². The Morgan fingerprint density at radius 3 is 2.48 bits per heavy atom. The number of carbonyl (C=O) groups excluding carboxylic acids is 1. The number of nitrogens with one attached hydrogen (secondary N) is 1. The van der Waals surface area contributed by atoms with E-state index in [1.807, 2.05) is 48.5 Å². The van der Waals surface area contributed by atoms with Crippen molar-refractivity contribution < 1.29 is 13.9 Å². The number of aromatic nitrogens is 1. The average molecular weight is 601 g/mol. The Kier molecular flexibility index (Phi) is 7.92. The molecule has 0 saturated carbocycles. The van der Waals surface area contributed by atoms with E-state index < -0.39 is 0 Å². The first-order valence-electron chi connectivity index (χ1n) is 14.2. The number of thiocarbonyl (C=S) groups is 1. The predicted molar refractivity (Wildman–Crippen MR) is 170 cm³/mol. The van der Waals surface area contributed by atoms with Crippen molar-refractivity contribution in [2.75, 3.05) is 30.0 Å². The van der Waals surface area contributed by atoms with Crippen LogP contribution >= 0.6 is 23.8 Å². The van der Waals surface area contributed by atoms with Crippen molar-refractivity contribution >= 4 is 46.3 Å². The zero-order valence-corrected chi connectivity index (χ0v) is 25.4. The van der Waals surface area contributed by atoms with E-state index in [9.17, 15) is 4.79 Å². The van der Waals surface area contributed by atoms with Gasteiger partial charge < -0.3 is 24.3 Å². The summed E-state index contributed by atoms with van der Waals surface area (Å²) in [7, 11) is 1.37. The Morgan fingerprint density at radius 1 is 1.05 bits per heavy atom. The standard InChI is InChI=1S/C33H33ClN4O3S/c1-20-16-21(2)19-37(18-20)27-12-11-24(17-25(27)34)38-31(30(36-33(38)42)26-6-4-5-15-35-26)29-14-13-28(41-29)22-7-9-23(10-8-22)32(39)40-3/h4-15,17,20-21,30-31H,16,18-19H2,1-3H3,(H,36,42)/t20-,21+,30-,31+/m0/s1. The molecule has 0 bridgehead atoms. The Balaban J connectivity index is 1.36. The van der Waals surface area contributed by atoms with Crippen molar-refractivity contribution in [1.29, 1.82) is 0 Å². The molecule has 42 heavy (non-hydrogen) atoms. The first kappa shape index (κ1) is 28.2. The van der Waals surface area contributed by atoms with Gasteiger partial charge in [0.15, 0.2) is 5.11 Å². The number of ether oxygens (including phenoxy) is 1. The monoisotopic (exact) mass is 600 g/mol. The lowest BCUT2D eigenvalue weighted by Gasteiger charge is -2.37. The molecular formula is C33H33ClN4O3S. The molecule has 9 heteroatoms. The first-order chi connectivity index (χ1) is 20.3. The van der Waals surface area contributed by atoms with E-state index in [0.29, 0.717) is 33.3 Å². The van der Waals surface area contributed by atoms with Crippen LogP contribution in [0.5, 0.6) is 0 Å². The number of methoxy groups -OCH3 is 1. The topological polar surface area (TPSA) is 70.8 Å². The number of nitrogens with zero attached hydrogens (tertiary/aromatic N) is 3. The van der Waals surface area contributed by atoms with Gasteiger partial charge in [-0.3, -0.25) is 4.98 Å². The maximum Gasteiger partial charge on any atom is 0.337 e. The zero-order valence-electron chi connectivity index (χ0n) is 23.8. The van der Waals surface area contributed by atoms with Crippen LogP contribution in [0.15, 0.2) is 83.4 Å². The maximum absolute atomic E-state index is 11.9. The zero-order chi connectivity index (χ0) is 29.4. The van der Waals surface area contributed by atoms with Crippen LogP contribution in [0.3, 0.4) is 0 Å². The van der Waals surface area contributed by atoms with Gasteiger partial charge in [0.25, 0.3) is 0 Å². The molecule has 2 saturated heterocycles. The fourth-order valence-electron chi connectivity index (χ4n) is 6.24. The Morgan fingerprint density at radius 2 is 1.81 bits per heavy atom. The number of pyridine rings is 1. The number of carbonyl (C=O) groups is 1. The summed E-state index contributed by atoms with van der Waals surface area (Å²) >= 11 is 12.9. The minimum absolute atomic E-state index is 0.248. The molecule has 2 aliphatic heterocycles. The molecule has 0 amide bonds. The van der Waals surface area contributed by atoms with Gasteiger partial charge in [0.05, 0.1) is 35.1 Å². The first-order valence-corrected chi connectivity index (χ1v) is 14.9. The van der Waals surface area contributed by atoms with Crippen LogP contribution in [-0.4, -0.2) is 36.3 Å². The molecule has 2 aromatic heterocycles. The van der Waals surface area contributed by atoms with Crippen molar-refractivity contribution in [1.82, 2.24) is 10.3 Å². The summed E-state index contributed by atoms with van der Waals surface area (Å²) < 4.78 is 11.3. The van der Waals surface area contributed by atoms with Gasteiger partial charge in [0.1, 0.15) is 17.6 Å². The number of piperidine rings is 1. The van der Waals surface area contributed by atoms with Gasteiger partial charge in [-0.15, -0.1) is 0 Å². The van der Waals surface area contributed by atoms with Crippen LogP contribution in [0, 0.1) is 11.8 Å². The number of hydrogen-bond acceptors (Lipinski definition) is 6. The van der Waals surface area contributed by atoms with Crippen LogP contribution in [-0.2, 0) is 4.74 Å². The molecule has 4 atom stereocenters. The van der Waals surface area contributed by atoms with Gasteiger partial charge in [-0.05, 0) is 85.1 Å². The van der Waals surface area contributed by atoms with Crippen LogP contribution < -0.4 is 15.1 Å². The Labute approximate surface area is 256 Å². The third-order valence-electron chi connectivity index (χ3n) is 8.03. The highest BCUT2D eigenvalue weighted by Crippen LogP contribution is 2.44. The summed E-state index contributed by atoms with van der Waals surface area (Å²) in [5.74, 6) is 2.26. The number of halogens is 1. The second-order valence-electron chi connectivity index (χ2n) is 11.3. The minimum Gasteiger partial charge on any atom is -0.465 e. The molecule has 2 fully saturated rings. The lowest BCUT2D eigenvalue weighted by atomic mass is 9.91. The third kappa shape index (κ3) is 5.49. The summed E-state index contributed by atoms with van der Waals surface area (Å²) in [5, 5.41) is 4.75. The molecule has 2 aliphatic rings. The predicted octanol–water partition coefficient (Wildman–Crippen LogP) is 7.44. The second kappa shape index (κ2) is 11.8. The van der Waals surface area contributed by atoms with Gasteiger partial charge in [0, 0.05) is 30.5 Å². The molecule has 0 spiro atoms. The van der Waals surface area contributed by atoms with Gasteiger partial charge in [-0.1, -0.05) is 43.6 Å². The minimum atomic E-state index is -0.380. The fourth-order valence-corrected chi connectivity index (χ4v) is 6.88. The van der Waals surface area contributed by atoms with E-state index in [-0.39, 0.29) is 18.1 Å². The number of furan rings is 1. The molecule has 0 aliphatic carbocycles. The van der Waals surface area contributed by atoms with Gasteiger partial charge >= 0.3 is 5.97 Å². The van der Waals surface area contributed by atoms with Crippen molar-refractivity contribution in [3.05, 3.63) is 101 Å². The summed E-state index contributed by atoms with van der Waals surface area (Å²) in [4.78, 5) is 21.0. The number of esters is 1. The molecule has 1 N–H and O–H groups in total. The SMILES string of the molecule is COC(=O)c1ccc(-c2ccc([C@@H]3[C@H](c4ccccn4)NC(=S)N3c3ccc(N4C[C@H](C)C[C@H](C)C4)c(Cl)c3)o2)cc1. The van der Waals surface area contributed by atoms with Crippen molar-refractivity contribution in [2.45, 2.75) is 32.4 Å². The van der Waals surface area contributed by atoms with Crippen LogP contribution in [0.1, 0.15) is 54.2 Å². The van der Waals surface area contributed by atoms with E-state index >= 15 is 0 Å². The lowest BCUT2D eigenvalue weighted by molar-refractivity contribution is 0.0600. The smallest absolute Gasteiger partial charge is 0.337 e. The molecule has 2 aromatic carbocycles. The van der Waals surface area contributed by atoms with Crippen LogP contribution in [0.2, 0.25) is 5.02 Å². The molecule has 216 valence electrons. The normalized spacial score (nSPS) is 22.2.